The molecular weight excluding hydrogens is 248 g/mol. The third-order valence-corrected chi connectivity index (χ3v) is 5.10. The Labute approximate surface area is 99.8 Å². The Morgan fingerprint density at radius 3 is 2.76 bits per heavy atom. The Bertz CT molecular complexity index is 417. The first kappa shape index (κ1) is 12.8. The predicted molar refractivity (Wildman–Crippen MR) is 58.2 cm³/mol. The molecule has 0 bridgehead atoms. The van der Waals surface area contributed by atoms with Gasteiger partial charge in [0.15, 0.2) is 15.6 Å². The van der Waals surface area contributed by atoms with Crippen LogP contribution in [0.5, 0.6) is 0 Å². The van der Waals surface area contributed by atoms with E-state index in [9.17, 15) is 13.2 Å². The summed E-state index contributed by atoms with van der Waals surface area (Å²) in [5, 5.41) is 8.66. The van der Waals surface area contributed by atoms with Gasteiger partial charge in [-0.1, -0.05) is 0 Å². The van der Waals surface area contributed by atoms with Crippen molar-refractivity contribution >= 4 is 15.8 Å². The molecule has 2 fully saturated rings. The maximum atomic E-state index is 11.4. The Balaban J connectivity index is 2.00. The molecular formula is C10H16O6S. The third kappa shape index (κ3) is 2.78. The minimum Gasteiger partial charge on any atom is -0.481 e. The maximum absolute atomic E-state index is 11.4. The molecule has 0 aromatic heterocycles. The number of carbonyl (C=O) groups is 1. The van der Waals surface area contributed by atoms with Gasteiger partial charge in [0.25, 0.3) is 0 Å². The average Bonchev–Trinajstić information content (AvgIpc) is 2.70. The van der Waals surface area contributed by atoms with Crippen molar-refractivity contribution in [3.8, 4) is 0 Å². The first-order valence-electron chi connectivity index (χ1n) is 5.55. The van der Waals surface area contributed by atoms with Gasteiger partial charge >= 0.3 is 5.97 Å². The summed E-state index contributed by atoms with van der Waals surface area (Å²) in [5.41, 5.74) is 0. The molecule has 0 spiro atoms. The van der Waals surface area contributed by atoms with Gasteiger partial charge < -0.3 is 14.6 Å². The van der Waals surface area contributed by atoms with Crippen LogP contribution in [0.15, 0.2) is 0 Å². The van der Waals surface area contributed by atoms with E-state index in [0.717, 1.165) is 0 Å². The van der Waals surface area contributed by atoms with E-state index in [1.54, 1.807) is 6.92 Å². The molecule has 0 aromatic carbocycles. The summed E-state index contributed by atoms with van der Waals surface area (Å²) in [6.07, 6.45) is -0.0889. The molecule has 2 saturated heterocycles. The molecule has 2 aliphatic rings. The van der Waals surface area contributed by atoms with E-state index in [4.69, 9.17) is 14.6 Å². The third-order valence-electron chi connectivity index (χ3n) is 3.33. The van der Waals surface area contributed by atoms with E-state index in [1.165, 1.54) is 0 Å². The number of aliphatic carboxylic acids is 1. The summed E-state index contributed by atoms with van der Waals surface area (Å²) >= 11 is 0. The zero-order valence-electron chi connectivity index (χ0n) is 9.59. The zero-order chi connectivity index (χ0) is 12.7. The predicted octanol–water partition coefficient (Wildman–Crippen LogP) is 0.0274. The zero-order valence-corrected chi connectivity index (χ0v) is 10.4. The lowest BCUT2D eigenvalue weighted by Crippen LogP contribution is -2.37. The monoisotopic (exact) mass is 264 g/mol. The van der Waals surface area contributed by atoms with Crippen molar-refractivity contribution in [3.05, 3.63) is 0 Å². The molecule has 0 saturated carbocycles. The van der Waals surface area contributed by atoms with Crippen LogP contribution in [0, 0.1) is 5.92 Å². The minimum absolute atomic E-state index is 0.0588. The topological polar surface area (TPSA) is 89.9 Å². The van der Waals surface area contributed by atoms with Crippen LogP contribution in [0.4, 0.5) is 0 Å². The molecule has 6 nitrogen and oxygen atoms in total. The normalized spacial score (nSPS) is 40.5. The van der Waals surface area contributed by atoms with E-state index in [1.807, 2.05) is 0 Å². The smallest absolute Gasteiger partial charge is 0.306 e. The van der Waals surface area contributed by atoms with E-state index in [-0.39, 0.29) is 30.5 Å². The molecule has 2 aliphatic heterocycles. The largest absolute Gasteiger partial charge is 0.481 e. The van der Waals surface area contributed by atoms with Crippen molar-refractivity contribution in [1.29, 1.82) is 0 Å². The van der Waals surface area contributed by atoms with E-state index in [0.29, 0.717) is 6.42 Å². The Morgan fingerprint density at radius 1 is 1.53 bits per heavy atom. The van der Waals surface area contributed by atoms with Crippen molar-refractivity contribution in [2.24, 2.45) is 5.92 Å². The second kappa shape index (κ2) is 4.22. The van der Waals surface area contributed by atoms with Gasteiger partial charge in [-0.15, -0.1) is 0 Å². The average molecular weight is 264 g/mol. The van der Waals surface area contributed by atoms with Crippen molar-refractivity contribution in [2.45, 2.75) is 31.7 Å². The molecule has 1 N–H and O–H groups in total. The number of carboxylic acids is 1. The van der Waals surface area contributed by atoms with Crippen LogP contribution < -0.4 is 0 Å². The van der Waals surface area contributed by atoms with Gasteiger partial charge in [-0.25, -0.2) is 8.42 Å². The lowest BCUT2D eigenvalue weighted by atomic mass is 10.00. The number of hydrogen-bond acceptors (Lipinski definition) is 5. The van der Waals surface area contributed by atoms with Crippen LogP contribution in [-0.4, -0.2) is 49.5 Å². The fourth-order valence-electron chi connectivity index (χ4n) is 2.38. The van der Waals surface area contributed by atoms with E-state index >= 15 is 0 Å². The molecule has 2 heterocycles. The lowest BCUT2D eigenvalue weighted by molar-refractivity contribution is -0.187. The highest BCUT2D eigenvalue weighted by molar-refractivity contribution is 7.91. The summed E-state index contributed by atoms with van der Waals surface area (Å²) in [5.74, 6) is -1.88. The first-order chi connectivity index (χ1) is 7.81. The molecule has 3 unspecified atom stereocenters. The summed E-state index contributed by atoms with van der Waals surface area (Å²) in [4.78, 5) is 10.6. The quantitative estimate of drug-likeness (QED) is 0.773. The Kier molecular flexibility index (Phi) is 3.17. The summed E-state index contributed by atoms with van der Waals surface area (Å²) < 4.78 is 33.8. The molecule has 3 atom stereocenters. The fraction of sp³-hybridized carbons (Fsp3) is 0.900. The molecule has 17 heavy (non-hydrogen) atoms. The van der Waals surface area contributed by atoms with Gasteiger partial charge in [-0.2, -0.15) is 0 Å². The van der Waals surface area contributed by atoms with Crippen molar-refractivity contribution in [1.82, 2.24) is 0 Å². The molecule has 98 valence electrons. The molecule has 0 amide bonds. The summed E-state index contributed by atoms with van der Waals surface area (Å²) in [6, 6.07) is 0. The van der Waals surface area contributed by atoms with Crippen LogP contribution >= 0.6 is 0 Å². The highest BCUT2D eigenvalue weighted by atomic mass is 32.2. The summed E-state index contributed by atoms with van der Waals surface area (Å²) in [6.45, 7) is 1.90. The van der Waals surface area contributed by atoms with Crippen LogP contribution in [0.2, 0.25) is 0 Å². The maximum Gasteiger partial charge on any atom is 0.306 e. The van der Waals surface area contributed by atoms with Gasteiger partial charge in [0.05, 0.1) is 30.6 Å². The van der Waals surface area contributed by atoms with E-state index < -0.39 is 27.7 Å². The molecule has 0 aliphatic carbocycles. The number of sulfone groups is 1. The van der Waals surface area contributed by atoms with Crippen LogP contribution in [0.3, 0.4) is 0 Å². The number of rotatable bonds is 3. The summed E-state index contributed by atoms with van der Waals surface area (Å²) in [7, 11) is -2.99. The van der Waals surface area contributed by atoms with Crippen LogP contribution in [0.25, 0.3) is 0 Å². The Hall–Kier alpha value is -0.660. The standard InChI is InChI=1S/C10H16O6S/c1-10(7-2-3-17(13,14)6-7)15-5-8(16-10)4-9(11)12/h7-8H,2-6H2,1H3,(H,11,12). The second-order valence-corrected chi connectivity index (χ2v) is 6.99. The molecule has 2 rings (SSSR count). The first-order valence-corrected chi connectivity index (χ1v) is 7.37. The van der Waals surface area contributed by atoms with Crippen molar-refractivity contribution in [2.75, 3.05) is 18.1 Å². The molecule has 0 aromatic rings. The highest BCUT2D eigenvalue weighted by Gasteiger charge is 2.48. The minimum atomic E-state index is -2.99. The van der Waals surface area contributed by atoms with Gasteiger partial charge in [-0.05, 0) is 13.3 Å². The van der Waals surface area contributed by atoms with Crippen molar-refractivity contribution in [3.63, 3.8) is 0 Å². The van der Waals surface area contributed by atoms with Gasteiger partial charge in [0, 0.05) is 5.92 Å². The number of hydrogen-bond donors (Lipinski definition) is 1. The lowest BCUT2D eigenvalue weighted by Gasteiger charge is -2.28. The van der Waals surface area contributed by atoms with Gasteiger partial charge in [-0.3, -0.25) is 4.79 Å². The molecule has 0 radical (unpaired) electrons. The molecule has 7 heteroatoms. The second-order valence-electron chi connectivity index (χ2n) is 4.76. The fourth-order valence-corrected chi connectivity index (χ4v) is 4.27. The van der Waals surface area contributed by atoms with Gasteiger partial charge in [0.2, 0.25) is 0 Å². The number of ether oxygens (including phenoxy) is 2. The van der Waals surface area contributed by atoms with Crippen LogP contribution in [-0.2, 0) is 24.1 Å². The van der Waals surface area contributed by atoms with Gasteiger partial charge in [0.1, 0.15) is 0 Å². The highest BCUT2D eigenvalue weighted by Crippen LogP contribution is 2.37. The van der Waals surface area contributed by atoms with Crippen LogP contribution in [0.1, 0.15) is 19.8 Å². The van der Waals surface area contributed by atoms with Crippen molar-refractivity contribution < 1.29 is 27.8 Å². The number of carboxylic acid groups (broad SMARTS) is 1. The SMILES string of the molecule is CC1(C2CCS(=O)(=O)C2)OCC(CC(=O)O)O1. The van der Waals surface area contributed by atoms with E-state index in [2.05, 4.69) is 0 Å². The Morgan fingerprint density at radius 2 is 2.24 bits per heavy atom.